The molecule has 1 saturated heterocycles. The Balaban J connectivity index is 1.48. The number of ether oxygens (including phenoxy) is 1. The number of rotatable bonds is 3. The molecule has 2 N–H and O–H groups in total. The predicted molar refractivity (Wildman–Crippen MR) is 108 cm³/mol. The van der Waals surface area contributed by atoms with Crippen LogP contribution in [0.2, 0.25) is 0 Å². The third kappa shape index (κ3) is 3.82. The maximum Gasteiger partial charge on any atom is 0.258 e. The molecule has 0 bridgehead atoms. The van der Waals surface area contributed by atoms with Gasteiger partial charge >= 0.3 is 0 Å². The van der Waals surface area contributed by atoms with Gasteiger partial charge in [-0.25, -0.2) is 4.98 Å². The normalized spacial score (nSPS) is 22.3. The molecule has 1 aromatic heterocycles. The number of hydrogen-bond donors (Lipinski definition) is 2. The highest BCUT2D eigenvalue weighted by molar-refractivity contribution is 7.13. The van der Waals surface area contributed by atoms with Gasteiger partial charge in [-0.3, -0.25) is 14.4 Å². The van der Waals surface area contributed by atoms with Crippen LogP contribution in [0.1, 0.15) is 42.2 Å². The lowest BCUT2D eigenvalue weighted by Crippen LogP contribution is -2.56. The van der Waals surface area contributed by atoms with Crippen molar-refractivity contribution in [3.63, 3.8) is 0 Å². The topological polar surface area (TPSA) is 101 Å². The zero-order valence-corrected chi connectivity index (χ0v) is 17.0. The van der Waals surface area contributed by atoms with Gasteiger partial charge in [0.2, 0.25) is 11.8 Å². The zero-order valence-electron chi connectivity index (χ0n) is 16.2. The third-order valence-corrected chi connectivity index (χ3v) is 6.17. The Morgan fingerprint density at radius 1 is 1.34 bits per heavy atom. The average molecular weight is 414 g/mol. The first-order valence-corrected chi connectivity index (χ1v) is 10.4. The molecule has 2 atom stereocenters. The molecular weight excluding hydrogens is 392 g/mol. The van der Waals surface area contributed by atoms with Gasteiger partial charge in [0, 0.05) is 31.2 Å². The van der Waals surface area contributed by atoms with Crippen molar-refractivity contribution >= 4 is 34.2 Å². The van der Waals surface area contributed by atoms with Gasteiger partial charge in [-0.05, 0) is 26.0 Å². The third-order valence-electron chi connectivity index (χ3n) is 5.29. The van der Waals surface area contributed by atoms with E-state index in [1.165, 1.54) is 11.3 Å². The number of aryl methyl sites for hydroxylation is 1. The van der Waals surface area contributed by atoms with Crippen molar-refractivity contribution in [1.29, 1.82) is 0 Å². The molecule has 8 nitrogen and oxygen atoms in total. The van der Waals surface area contributed by atoms with E-state index in [2.05, 4.69) is 15.6 Å². The number of carbonyl (C=O) groups is 3. The van der Waals surface area contributed by atoms with Crippen LogP contribution in [0.15, 0.2) is 29.6 Å². The summed E-state index contributed by atoms with van der Waals surface area (Å²) in [5.74, 6) is -0.126. The van der Waals surface area contributed by atoms with Crippen molar-refractivity contribution in [2.75, 3.05) is 11.9 Å². The van der Waals surface area contributed by atoms with E-state index in [-0.39, 0.29) is 24.1 Å². The highest BCUT2D eigenvalue weighted by Gasteiger charge is 2.43. The van der Waals surface area contributed by atoms with E-state index in [0.717, 1.165) is 5.69 Å². The minimum Gasteiger partial charge on any atom is -0.467 e. The van der Waals surface area contributed by atoms with E-state index in [1.54, 1.807) is 30.0 Å². The molecule has 9 heteroatoms. The molecule has 3 amide bonds. The summed E-state index contributed by atoms with van der Waals surface area (Å²) in [6.07, 6.45) is 0.922. The molecule has 0 saturated carbocycles. The summed E-state index contributed by atoms with van der Waals surface area (Å²) >= 11 is 1.34. The molecule has 0 unspecified atom stereocenters. The summed E-state index contributed by atoms with van der Waals surface area (Å²) in [7, 11) is 0. The Kier molecular flexibility index (Phi) is 4.99. The molecule has 1 fully saturated rings. The molecule has 0 radical (unpaired) electrons. The summed E-state index contributed by atoms with van der Waals surface area (Å²) in [4.78, 5) is 43.7. The fraction of sp³-hybridized carbons (Fsp3) is 0.400. The van der Waals surface area contributed by atoms with Crippen LogP contribution < -0.4 is 15.4 Å². The summed E-state index contributed by atoms with van der Waals surface area (Å²) < 4.78 is 6.13. The van der Waals surface area contributed by atoms with Crippen molar-refractivity contribution in [2.45, 2.75) is 44.9 Å². The Hall–Kier alpha value is -2.94. The molecule has 3 heterocycles. The number of amides is 3. The van der Waals surface area contributed by atoms with Crippen LogP contribution in [0, 0.1) is 6.92 Å². The average Bonchev–Trinajstić information content (AvgIpc) is 3.04. The Bertz CT molecular complexity index is 975. The van der Waals surface area contributed by atoms with Gasteiger partial charge in [0.25, 0.3) is 5.91 Å². The van der Waals surface area contributed by atoms with Gasteiger partial charge in [0.05, 0.1) is 11.3 Å². The van der Waals surface area contributed by atoms with Gasteiger partial charge < -0.3 is 20.3 Å². The fourth-order valence-electron chi connectivity index (χ4n) is 3.66. The second-order valence-corrected chi connectivity index (χ2v) is 8.20. The van der Waals surface area contributed by atoms with Gasteiger partial charge in [-0.2, -0.15) is 0 Å². The van der Waals surface area contributed by atoms with Gasteiger partial charge in [-0.1, -0.05) is 12.1 Å². The lowest BCUT2D eigenvalue weighted by atomic mass is 10.0. The van der Waals surface area contributed by atoms with E-state index in [9.17, 15) is 14.4 Å². The molecular formula is C20H22N4O4S. The van der Waals surface area contributed by atoms with Crippen molar-refractivity contribution in [3.8, 4) is 5.75 Å². The molecule has 152 valence electrons. The van der Waals surface area contributed by atoms with Gasteiger partial charge in [0.15, 0.2) is 10.9 Å². The Labute approximate surface area is 172 Å². The molecule has 0 aliphatic carbocycles. The quantitative estimate of drug-likeness (QED) is 0.803. The minimum absolute atomic E-state index is 0.142. The molecule has 2 aromatic rings. The molecule has 4 rings (SSSR count). The van der Waals surface area contributed by atoms with E-state index in [4.69, 9.17) is 4.74 Å². The van der Waals surface area contributed by atoms with Crippen LogP contribution in [-0.4, -0.2) is 45.9 Å². The number of aromatic nitrogens is 1. The summed E-state index contributed by atoms with van der Waals surface area (Å²) in [6.45, 7) is 3.85. The maximum atomic E-state index is 12.7. The van der Waals surface area contributed by atoms with Crippen LogP contribution in [0.25, 0.3) is 0 Å². The molecule has 2 aliphatic rings. The lowest BCUT2D eigenvalue weighted by Gasteiger charge is -2.38. The van der Waals surface area contributed by atoms with E-state index in [1.807, 2.05) is 18.4 Å². The number of carbonyl (C=O) groups excluding carboxylic acids is 3. The summed E-state index contributed by atoms with van der Waals surface area (Å²) in [6, 6.07) is 6.40. The lowest BCUT2D eigenvalue weighted by molar-refractivity contribution is -0.137. The number of nitrogens with zero attached hydrogens (tertiary/aromatic N) is 2. The molecule has 1 spiro atoms. The first-order valence-electron chi connectivity index (χ1n) is 9.50. The highest BCUT2D eigenvalue weighted by Crippen LogP contribution is 2.34. The predicted octanol–water partition coefficient (Wildman–Crippen LogP) is 2.31. The smallest absolute Gasteiger partial charge is 0.258 e. The fourth-order valence-corrected chi connectivity index (χ4v) is 4.35. The number of likely N-dealkylation sites (tertiary alicyclic amines) is 1. The van der Waals surface area contributed by atoms with Crippen molar-refractivity contribution in [2.24, 2.45) is 0 Å². The molecule has 2 aliphatic heterocycles. The van der Waals surface area contributed by atoms with Crippen LogP contribution in [0.5, 0.6) is 5.75 Å². The number of para-hydroxylation sites is 1. The first kappa shape index (κ1) is 19.4. The largest absolute Gasteiger partial charge is 0.467 e. The zero-order chi connectivity index (χ0) is 20.6. The number of thiazole rings is 1. The van der Waals surface area contributed by atoms with Crippen molar-refractivity contribution < 1.29 is 19.1 Å². The van der Waals surface area contributed by atoms with Crippen molar-refractivity contribution in [3.05, 3.63) is 40.9 Å². The Morgan fingerprint density at radius 3 is 2.90 bits per heavy atom. The number of anilines is 1. The first-order chi connectivity index (χ1) is 13.9. The number of hydrogen-bond acceptors (Lipinski definition) is 6. The highest BCUT2D eigenvalue weighted by atomic mass is 32.1. The Morgan fingerprint density at radius 2 is 2.14 bits per heavy atom. The van der Waals surface area contributed by atoms with Gasteiger partial charge in [-0.15, -0.1) is 11.3 Å². The number of benzene rings is 1. The minimum atomic E-state index is -0.946. The van der Waals surface area contributed by atoms with E-state index < -0.39 is 11.8 Å². The molecule has 1 aromatic carbocycles. The van der Waals surface area contributed by atoms with Crippen molar-refractivity contribution in [1.82, 2.24) is 15.2 Å². The summed E-state index contributed by atoms with van der Waals surface area (Å²) in [5, 5.41) is 8.06. The number of nitrogens with one attached hydrogen (secondary N) is 2. The van der Waals surface area contributed by atoms with Crippen LogP contribution in [0.3, 0.4) is 0 Å². The number of fused-ring (bicyclic) bond motifs is 1. The van der Waals surface area contributed by atoms with Crippen LogP contribution >= 0.6 is 11.3 Å². The van der Waals surface area contributed by atoms with Crippen LogP contribution in [0.4, 0.5) is 5.13 Å². The van der Waals surface area contributed by atoms with Gasteiger partial charge in [0.1, 0.15) is 11.8 Å². The standard InChI is InChI=1S/C20H22N4O4S/c1-12-11-29-19(21-12)22-17(26)13(2)24-10-9-20(8-7-16(24)25)23-18(27)14-5-3-4-6-15(14)28-20/h3-6,11,13H,7-10H2,1-2H3,(H,23,27)(H,21,22,26)/t13-,20+/m1/s1. The van der Waals surface area contributed by atoms with E-state index >= 15 is 0 Å². The van der Waals surface area contributed by atoms with E-state index in [0.29, 0.717) is 35.8 Å². The van der Waals surface area contributed by atoms with Crippen LogP contribution in [-0.2, 0) is 9.59 Å². The second kappa shape index (κ2) is 7.47. The second-order valence-electron chi connectivity index (χ2n) is 7.34. The maximum absolute atomic E-state index is 12.7. The SMILES string of the molecule is Cc1csc(NC(=O)[C@@H](C)N2CC[C@@]3(CCC2=O)NC(=O)c2ccccc2O3)n1. The monoisotopic (exact) mass is 414 g/mol. The molecule has 29 heavy (non-hydrogen) atoms. The summed E-state index contributed by atoms with van der Waals surface area (Å²) in [5.41, 5.74) is 0.367.